The lowest BCUT2D eigenvalue weighted by atomic mass is 9.94. The molecule has 3 heteroatoms. The first-order chi connectivity index (χ1) is 6.97. The summed E-state index contributed by atoms with van der Waals surface area (Å²) in [6, 6.07) is 9.45. The molecule has 0 fully saturated rings. The molecule has 1 aromatic rings. The van der Waals surface area contributed by atoms with Gasteiger partial charge in [0.2, 0.25) is 5.91 Å². The number of aryl methyl sites for hydroxylation is 1. The summed E-state index contributed by atoms with van der Waals surface area (Å²) in [5, 5.41) is 11.5. The molecule has 0 unspecified atom stereocenters. The van der Waals surface area contributed by atoms with Crippen LogP contribution in [0.25, 0.3) is 0 Å². The van der Waals surface area contributed by atoms with E-state index in [1.807, 2.05) is 37.3 Å². The molecule has 0 bridgehead atoms. The number of amides is 1. The summed E-state index contributed by atoms with van der Waals surface area (Å²) in [5.41, 5.74) is 0.743. The Balaban J connectivity index is 2.86. The molecular formula is C12H14N2O. The SMILES string of the molecule is Cc1ccccc1NC(=O)C(C)(C)C#N. The van der Waals surface area contributed by atoms with Gasteiger partial charge in [-0.15, -0.1) is 0 Å². The molecule has 0 aromatic heterocycles. The summed E-state index contributed by atoms with van der Waals surface area (Å²) >= 11 is 0. The van der Waals surface area contributed by atoms with Crippen molar-refractivity contribution in [3.63, 3.8) is 0 Å². The second-order valence-electron chi connectivity index (χ2n) is 4.01. The number of anilines is 1. The van der Waals surface area contributed by atoms with Crippen LogP contribution in [0.3, 0.4) is 0 Å². The standard InChI is InChI=1S/C12H14N2O/c1-9-6-4-5-7-10(9)14-11(15)12(2,3)8-13/h4-7H,1-3H3,(H,14,15). The number of carbonyl (C=O) groups is 1. The zero-order valence-corrected chi connectivity index (χ0v) is 9.16. The largest absolute Gasteiger partial charge is 0.324 e. The van der Waals surface area contributed by atoms with Crippen LogP contribution in [0, 0.1) is 23.7 Å². The van der Waals surface area contributed by atoms with Gasteiger partial charge in [0.25, 0.3) is 0 Å². The van der Waals surface area contributed by atoms with Gasteiger partial charge >= 0.3 is 0 Å². The molecule has 0 aliphatic heterocycles. The Bertz CT molecular complexity index is 416. The number of hydrogen-bond donors (Lipinski definition) is 1. The van der Waals surface area contributed by atoms with Crippen molar-refractivity contribution in [2.45, 2.75) is 20.8 Å². The van der Waals surface area contributed by atoms with Gasteiger partial charge in [-0.05, 0) is 32.4 Å². The van der Waals surface area contributed by atoms with Gasteiger partial charge in [-0.1, -0.05) is 18.2 Å². The van der Waals surface area contributed by atoms with Crippen LogP contribution in [0.5, 0.6) is 0 Å². The van der Waals surface area contributed by atoms with Gasteiger partial charge in [-0.25, -0.2) is 0 Å². The molecule has 3 nitrogen and oxygen atoms in total. The van der Waals surface area contributed by atoms with Crippen LogP contribution in [-0.4, -0.2) is 5.91 Å². The predicted octanol–water partition coefficient (Wildman–Crippen LogP) is 2.48. The molecule has 0 heterocycles. The zero-order chi connectivity index (χ0) is 11.5. The average molecular weight is 202 g/mol. The van der Waals surface area contributed by atoms with E-state index in [-0.39, 0.29) is 5.91 Å². The number of nitriles is 1. The van der Waals surface area contributed by atoms with Gasteiger partial charge in [0.15, 0.2) is 0 Å². The number of benzene rings is 1. The Morgan fingerprint density at radius 1 is 1.40 bits per heavy atom. The lowest BCUT2D eigenvalue weighted by Crippen LogP contribution is -2.29. The van der Waals surface area contributed by atoms with E-state index in [4.69, 9.17) is 5.26 Å². The molecule has 0 aliphatic rings. The molecule has 0 saturated carbocycles. The Hall–Kier alpha value is -1.82. The summed E-state index contributed by atoms with van der Waals surface area (Å²) < 4.78 is 0. The summed E-state index contributed by atoms with van der Waals surface area (Å²) in [5.74, 6) is -0.278. The summed E-state index contributed by atoms with van der Waals surface area (Å²) in [7, 11) is 0. The third-order valence-corrected chi connectivity index (χ3v) is 2.24. The Labute approximate surface area is 89.7 Å². The first-order valence-corrected chi connectivity index (χ1v) is 4.76. The van der Waals surface area contributed by atoms with Gasteiger partial charge in [0, 0.05) is 5.69 Å². The quantitative estimate of drug-likeness (QED) is 0.801. The molecule has 78 valence electrons. The minimum atomic E-state index is -0.998. The van der Waals surface area contributed by atoms with Crippen LogP contribution in [0.2, 0.25) is 0 Å². The number of para-hydroxylation sites is 1. The van der Waals surface area contributed by atoms with Crippen LogP contribution in [0.15, 0.2) is 24.3 Å². The van der Waals surface area contributed by atoms with Crippen molar-refractivity contribution in [1.82, 2.24) is 0 Å². The molecule has 0 spiro atoms. The van der Waals surface area contributed by atoms with Crippen LogP contribution in [0.1, 0.15) is 19.4 Å². The smallest absolute Gasteiger partial charge is 0.244 e. The van der Waals surface area contributed by atoms with E-state index in [0.717, 1.165) is 11.3 Å². The molecule has 1 N–H and O–H groups in total. The van der Waals surface area contributed by atoms with E-state index in [2.05, 4.69) is 5.32 Å². The third kappa shape index (κ3) is 2.57. The molecule has 1 amide bonds. The number of nitrogens with zero attached hydrogens (tertiary/aromatic N) is 1. The highest BCUT2D eigenvalue weighted by atomic mass is 16.2. The Kier molecular flexibility index (Phi) is 3.11. The molecular weight excluding hydrogens is 188 g/mol. The van der Waals surface area contributed by atoms with Crippen LogP contribution in [0.4, 0.5) is 5.69 Å². The lowest BCUT2D eigenvalue weighted by molar-refractivity contribution is -0.121. The van der Waals surface area contributed by atoms with E-state index in [1.54, 1.807) is 13.8 Å². The number of hydrogen-bond acceptors (Lipinski definition) is 2. The highest BCUT2D eigenvalue weighted by Gasteiger charge is 2.27. The third-order valence-electron chi connectivity index (χ3n) is 2.24. The molecule has 1 rings (SSSR count). The Morgan fingerprint density at radius 2 is 2.00 bits per heavy atom. The topological polar surface area (TPSA) is 52.9 Å². The van der Waals surface area contributed by atoms with Crippen LogP contribution < -0.4 is 5.32 Å². The van der Waals surface area contributed by atoms with Crippen molar-refractivity contribution in [3.8, 4) is 6.07 Å². The van der Waals surface area contributed by atoms with Gasteiger partial charge in [0.05, 0.1) is 6.07 Å². The molecule has 0 aliphatic carbocycles. The molecule has 15 heavy (non-hydrogen) atoms. The second-order valence-corrected chi connectivity index (χ2v) is 4.01. The summed E-state index contributed by atoms with van der Waals surface area (Å²) in [6.45, 7) is 5.11. The first-order valence-electron chi connectivity index (χ1n) is 4.76. The molecule has 0 radical (unpaired) electrons. The van der Waals surface area contributed by atoms with E-state index < -0.39 is 5.41 Å². The van der Waals surface area contributed by atoms with Gasteiger partial charge in [-0.2, -0.15) is 5.26 Å². The van der Waals surface area contributed by atoms with Gasteiger partial charge < -0.3 is 5.32 Å². The maximum Gasteiger partial charge on any atom is 0.244 e. The van der Waals surface area contributed by atoms with Gasteiger partial charge in [-0.3, -0.25) is 4.79 Å². The number of nitrogens with one attached hydrogen (secondary N) is 1. The predicted molar refractivity (Wildman–Crippen MR) is 59.2 cm³/mol. The lowest BCUT2D eigenvalue weighted by Gasteiger charge is -2.16. The van der Waals surface area contributed by atoms with E-state index >= 15 is 0 Å². The van der Waals surface area contributed by atoms with Crippen molar-refractivity contribution >= 4 is 11.6 Å². The number of carbonyl (C=O) groups excluding carboxylic acids is 1. The van der Waals surface area contributed by atoms with Crippen molar-refractivity contribution in [3.05, 3.63) is 29.8 Å². The Morgan fingerprint density at radius 3 is 2.53 bits per heavy atom. The fourth-order valence-electron chi connectivity index (χ4n) is 1.04. The maximum absolute atomic E-state index is 11.7. The fraction of sp³-hybridized carbons (Fsp3) is 0.333. The highest BCUT2D eigenvalue weighted by molar-refractivity contribution is 5.97. The first kappa shape index (κ1) is 11.3. The van der Waals surface area contributed by atoms with E-state index in [1.165, 1.54) is 0 Å². The van der Waals surface area contributed by atoms with Crippen molar-refractivity contribution in [1.29, 1.82) is 5.26 Å². The normalized spacial score (nSPS) is 10.5. The van der Waals surface area contributed by atoms with E-state index in [0.29, 0.717) is 0 Å². The molecule has 0 saturated heterocycles. The second kappa shape index (κ2) is 4.14. The van der Waals surface area contributed by atoms with Crippen molar-refractivity contribution in [2.75, 3.05) is 5.32 Å². The maximum atomic E-state index is 11.7. The van der Waals surface area contributed by atoms with Crippen LogP contribution in [-0.2, 0) is 4.79 Å². The van der Waals surface area contributed by atoms with Gasteiger partial charge in [0.1, 0.15) is 5.41 Å². The van der Waals surface area contributed by atoms with Crippen molar-refractivity contribution < 1.29 is 4.79 Å². The van der Waals surface area contributed by atoms with Crippen LogP contribution >= 0.6 is 0 Å². The minimum absolute atomic E-state index is 0.278. The molecule has 1 aromatic carbocycles. The zero-order valence-electron chi connectivity index (χ0n) is 9.16. The van der Waals surface area contributed by atoms with Crippen molar-refractivity contribution in [2.24, 2.45) is 5.41 Å². The monoisotopic (exact) mass is 202 g/mol. The minimum Gasteiger partial charge on any atom is -0.324 e. The summed E-state index contributed by atoms with van der Waals surface area (Å²) in [6.07, 6.45) is 0. The number of rotatable bonds is 2. The van der Waals surface area contributed by atoms with E-state index in [9.17, 15) is 4.79 Å². The molecule has 0 atom stereocenters. The fourth-order valence-corrected chi connectivity index (χ4v) is 1.04. The highest BCUT2D eigenvalue weighted by Crippen LogP contribution is 2.19. The summed E-state index contributed by atoms with van der Waals surface area (Å²) in [4.78, 5) is 11.7. The average Bonchev–Trinajstić information content (AvgIpc) is 2.21.